The minimum atomic E-state index is -0.324. The summed E-state index contributed by atoms with van der Waals surface area (Å²) in [4.78, 5) is 20.4. The van der Waals surface area contributed by atoms with Crippen LogP contribution in [0.4, 0.5) is 10.1 Å². The number of hydrogen-bond acceptors (Lipinski definition) is 6. The number of fused-ring (bicyclic) bond motifs is 3. The Morgan fingerprint density at radius 1 is 1.21 bits per heavy atom. The van der Waals surface area contributed by atoms with Gasteiger partial charge in [0.2, 0.25) is 0 Å². The van der Waals surface area contributed by atoms with Crippen LogP contribution < -0.4 is 10.1 Å². The molecule has 0 saturated carbocycles. The third-order valence-corrected chi connectivity index (χ3v) is 4.57. The number of benzene rings is 1. The standard InChI is InChI=1S/C21H19FN6O/c1-5-7-13-14(22)8-16(23-4)19-17(13)18-15(6-2)26-21(28-20(18)27-19)29-12-9-24-11(3)25-10-12/h5-6,8-10,23H,1-2,7H2,3-4H3,(H,26,27,28). The molecule has 3 aromatic heterocycles. The van der Waals surface area contributed by atoms with Crippen molar-refractivity contribution in [2.24, 2.45) is 0 Å². The summed E-state index contributed by atoms with van der Waals surface area (Å²) in [5.74, 6) is 0.720. The Hall–Kier alpha value is -3.81. The van der Waals surface area contributed by atoms with Crippen LogP contribution in [0.2, 0.25) is 0 Å². The number of hydrogen-bond donors (Lipinski definition) is 2. The summed E-state index contributed by atoms with van der Waals surface area (Å²) in [6.45, 7) is 9.38. The average Bonchev–Trinajstić information content (AvgIpc) is 3.10. The predicted octanol–water partition coefficient (Wildman–Crippen LogP) is 4.55. The summed E-state index contributed by atoms with van der Waals surface area (Å²) >= 11 is 0. The third kappa shape index (κ3) is 3.18. The molecular weight excluding hydrogens is 371 g/mol. The molecule has 8 heteroatoms. The van der Waals surface area contributed by atoms with E-state index in [0.29, 0.717) is 51.4 Å². The van der Waals surface area contributed by atoms with Crippen LogP contribution in [0.5, 0.6) is 11.8 Å². The number of aromatic amines is 1. The maximum Gasteiger partial charge on any atom is 0.324 e. The highest BCUT2D eigenvalue weighted by Crippen LogP contribution is 2.37. The Morgan fingerprint density at radius 2 is 1.97 bits per heavy atom. The SMILES string of the molecule is C=CCc1c(F)cc(NC)c2[nH]c3nc(Oc4cnc(C)nc4)nc(C=C)c3c12. The second kappa shape index (κ2) is 7.31. The monoisotopic (exact) mass is 390 g/mol. The summed E-state index contributed by atoms with van der Waals surface area (Å²) in [5.41, 5.74) is 2.91. The van der Waals surface area contributed by atoms with E-state index in [2.05, 4.69) is 43.4 Å². The van der Waals surface area contributed by atoms with Gasteiger partial charge in [-0.05, 0) is 25.5 Å². The van der Waals surface area contributed by atoms with Crippen LogP contribution >= 0.6 is 0 Å². The summed E-state index contributed by atoms with van der Waals surface area (Å²) in [6, 6.07) is 1.57. The maximum absolute atomic E-state index is 14.8. The van der Waals surface area contributed by atoms with Crippen molar-refractivity contribution >= 4 is 33.7 Å². The van der Waals surface area contributed by atoms with Crippen LogP contribution in [-0.2, 0) is 6.42 Å². The summed E-state index contributed by atoms with van der Waals surface area (Å²) in [7, 11) is 1.74. The van der Waals surface area contributed by atoms with Gasteiger partial charge in [0, 0.05) is 18.0 Å². The van der Waals surface area contributed by atoms with Crippen molar-refractivity contribution in [2.45, 2.75) is 13.3 Å². The predicted molar refractivity (Wildman–Crippen MR) is 112 cm³/mol. The van der Waals surface area contributed by atoms with Gasteiger partial charge in [-0.1, -0.05) is 12.7 Å². The molecular formula is C21H19FN6O. The van der Waals surface area contributed by atoms with Gasteiger partial charge in [-0.2, -0.15) is 9.97 Å². The molecule has 0 saturated heterocycles. The van der Waals surface area contributed by atoms with Crippen molar-refractivity contribution in [3.8, 4) is 11.8 Å². The van der Waals surface area contributed by atoms with Crippen molar-refractivity contribution in [3.05, 3.63) is 60.6 Å². The second-order valence-corrected chi connectivity index (χ2v) is 6.39. The first-order valence-electron chi connectivity index (χ1n) is 8.98. The number of allylic oxidation sites excluding steroid dienone is 1. The molecule has 7 nitrogen and oxygen atoms in total. The van der Waals surface area contributed by atoms with E-state index in [0.717, 1.165) is 5.52 Å². The third-order valence-electron chi connectivity index (χ3n) is 4.57. The van der Waals surface area contributed by atoms with Crippen LogP contribution in [0, 0.1) is 12.7 Å². The Morgan fingerprint density at radius 3 is 2.62 bits per heavy atom. The van der Waals surface area contributed by atoms with Gasteiger partial charge in [0.15, 0.2) is 5.75 Å². The van der Waals surface area contributed by atoms with Gasteiger partial charge < -0.3 is 15.0 Å². The van der Waals surface area contributed by atoms with Gasteiger partial charge in [0.1, 0.15) is 17.3 Å². The molecule has 2 N–H and O–H groups in total. The van der Waals surface area contributed by atoms with E-state index >= 15 is 0 Å². The number of anilines is 1. The van der Waals surface area contributed by atoms with E-state index in [9.17, 15) is 4.39 Å². The number of H-pyrrole nitrogens is 1. The van der Waals surface area contributed by atoms with E-state index in [-0.39, 0.29) is 11.8 Å². The number of nitrogens with one attached hydrogen (secondary N) is 2. The molecule has 0 fully saturated rings. The lowest BCUT2D eigenvalue weighted by Gasteiger charge is -2.09. The van der Waals surface area contributed by atoms with Gasteiger partial charge in [0.05, 0.1) is 34.7 Å². The quantitative estimate of drug-likeness (QED) is 0.470. The van der Waals surface area contributed by atoms with E-state index in [1.54, 1.807) is 38.5 Å². The number of halogens is 1. The Kier molecular flexibility index (Phi) is 4.67. The topological polar surface area (TPSA) is 88.6 Å². The van der Waals surface area contributed by atoms with Gasteiger partial charge in [0.25, 0.3) is 0 Å². The zero-order valence-corrected chi connectivity index (χ0v) is 16.1. The van der Waals surface area contributed by atoms with Crippen molar-refractivity contribution < 1.29 is 9.13 Å². The van der Waals surface area contributed by atoms with Crippen molar-refractivity contribution in [3.63, 3.8) is 0 Å². The summed E-state index contributed by atoms with van der Waals surface area (Å²) < 4.78 is 20.5. The van der Waals surface area contributed by atoms with E-state index < -0.39 is 0 Å². The lowest BCUT2D eigenvalue weighted by atomic mass is 10.0. The van der Waals surface area contributed by atoms with Gasteiger partial charge in [-0.25, -0.2) is 14.4 Å². The molecule has 0 aliphatic heterocycles. The average molecular weight is 390 g/mol. The Labute approximate surface area is 166 Å². The molecule has 146 valence electrons. The zero-order chi connectivity index (χ0) is 20.5. The molecule has 0 aliphatic carbocycles. The highest BCUT2D eigenvalue weighted by atomic mass is 19.1. The molecule has 0 bridgehead atoms. The fourth-order valence-electron chi connectivity index (χ4n) is 3.28. The van der Waals surface area contributed by atoms with Gasteiger partial charge in [-0.15, -0.1) is 6.58 Å². The minimum Gasteiger partial charge on any atom is -0.421 e. The van der Waals surface area contributed by atoms with Crippen molar-refractivity contribution in [2.75, 3.05) is 12.4 Å². The van der Waals surface area contributed by atoms with Crippen LogP contribution in [0.3, 0.4) is 0 Å². The molecule has 4 rings (SSSR count). The number of ether oxygens (including phenoxy) is 1. The molecule has 0 atom stereocenters. The number of aromatic nitrogens is 5. The first-order chi connectivity index (χ1) is 14.0. The fraction of sp³-hybridized carbons (Fsp3) is 0.143. The largest absolute Gasteiger partial charge is 0.421 e. The molecule has 0 spiro atoms. The highest BCUT2D eigenvalue weighted by molar-refractivity contribution is 6.14. The van der Waals surface area contributed by atoms with Gasteiger partial charge in [-0.3, -0.25) is 0 Å². The van der Waals surface area contributed by atoms with Gasteiger partial charge >= 0.3 is 6.01 Å². The van der Waals surface area contributed by atoms with E-state index in [1.165, 1.54) is 6.07 Å². The Balaban J connectivity index is 1.98. The van der Waals surface area contributed by atoms with Crippen LogP contribution in [-0.4, -0.2) is 32.0 Å². The summed E-state index contributed by atoms with van der Waals surface area (Å²) in [6.07, 6.45) is 6.72. The van der Waals surface area contributed by atoms with Crippen molar-refractivity contribution in [1.29, 1.82) is 0 Å². The van der Waals surface area contributed by atoms with Crippen LogP contribution in [0.25, 0.3) is 28.0 Å². The molecule has 0 unspecified atom stereocenters. The molecule has 0 radical (unpaired) electrons. The number of aryl methyl sites for hydroxylation is 1. The summed E-state index contributed by atoms with van der Waals surface area (Å²) in [5, 5.41) is 4.39. The van der Waals surface area contributed by atoms with Crippen LogP contribution in [0.15, 0.2) is 37.7 Å². The first-order valence-corrected chi connectivity index (χ1v) is 8.98. The number of nitrogens with zero attached hydrogens (tertiary/aromatic N) is 4. The molecule has 0 amide bonds. The number of rotatable bonds is 6. The molecule has 29 heavy (non-hydrogen) atoms. The molecule has 1 aromatic carbocycles. The second-order valence-electron chi connectivity index (χ2n) is 6.39. The van der Waals surface area contributed by atoms with Crippen molar-refractivity contribution in [1.82, 2.24) is 24.9 Å². The lowest BCUT2D eigenvalue weighted by Crippen LogP contribution is -1.97. The fourth-order valence-corrected chi connectivity index (χ4v) is 3.28. The molecule has 3 heterocycles. The lowest BCUT2D eigenvalue weighted by molar-refractivity contribution is 0.439. The Bertz CT molecular complexity index is 1250. The highest BCUT2D eigenvalue weighted by Gasteiger charge is 2.20. The zero-order valence-electron chi connectivity index (χ0n) is 16.1. The van der Waals surface area contributed by atoms with E-state index in [4.69, 9.17) is 4.74 Å². The molecule has 0 aliphatic rings. The maximum atomic E-state index is 14.8. The first kappa shape index (κ1) is 18.5. The van der Waals surface area contributed by atoms with E-state index in [1.807, 2.05) is 0 Å². The minimum absolute atomic E-state index is 0.114. The van der Waals surface area contributed by atoms with Crippen LogP contribution in [0.1, 0.15) is 17.1 Å². The molecule has 4 aromatic rings. The normalized spacial score (nSPS) is 11.0. The smallest absolute Gasteiger partial charge is 0.324 e.